The summed E-state index contributed by atoms with van der Waals surface area (Å²) in [5.74, 6) is -0.296. The van der Waals surface area contributed by atoms with E-state index in [2.05, 4.69) is 6.92 Å². The Morgan fingerprint density at radius 3 is 2.93 bits per heavy atom. The molecule has 0 amide bonds. The van der Waals surface area contributed by atoms with E-state index in [-0.39, 0.29) is 5.97 Å². The van der Waals surface area contributed by atoms with Crippen LogP contribution in [0.1, 0.15) is 43.0 Å². The summed E-state index contributed by atoms with van der Waals surface area (Å²) in [4.78, 5) is 11.3. The molecule has 0 aromatic carbocycles. The number of unbranched alkanes of at least 4 members (excludes halogenated alkanes) is 3. The van der Waals surface area contributed by atoms with Crippen molar-refractivity contribution in [1.29, 1.82) is 0 Å². The number of rotatable bonds is 6. The molecule has 0 aliphatic heterocycles. The van der Waals surface area contributed by atoms with Gasteiger partial charge in [0.25, 0.3) is 0 Å². The summed E-state index contributed by atoms with van der Waals surface area (Å²) in [6.07, 6.45) is 7.31. The molecule has 3 heteroatoms. The summed E-state index contributed by atoms with van der Waals surface area (Å²) >= 11 is 0. The van der Waals surface area contributed by atoms with Gasteiger partial charge >= 0.3 is 5.97 Å². The number of ether oxygens (including phenoxy) is 1. The molecule has 0 fully saturated rings. The summed E-state index contributed by atoms with van der Waals surface area (Å²) in [6, 6.07) is 1.61. The zero-order valence-electron chi connectivity index (χ0n) is 8.49. The molecule has 0 bridgehead atoms. The second-order valence-corrected chi connectivity index (χ2v) is 3.21. The normalized spacial score (nSPS) is 10.1. The Kier molecular flexibility index (Phi) is 4.83. The highest BCUT2D eigenvalue weighted by Crippen LogP contribution is 2.04. The SMILES string of the molecule is CCCCCCOC(=O)c1ccoc1. The van der Waals surface area contributed by atoms with E-state index in [4.69, 9.17) is 9.15 Å². The molecular formula is C11H16O3. The average molecular weight is 196 g/mol. The fraction of sp³-hybridized carbons (Fsp3) is 0.545. The van der Waals surface area contributed by atoms with E-state index in [1.54, 1.807) is 6.07 Å². The molecule has 0 radical (unpaired) electrons. The van der Waals surface area contributed by atoms with Gasteiger partial charge in [0.2, 0.25) is 0 Å². The third kappa shape index (κ3) is 3.64. The van der Waals surface area contributed by atoms with Crippen molar-refractivity contribution in [2.75, 3.05) is 6.61 Å². The Labute approximate surface area is 84.1 Å². The molecule has 1 rings (SSSR count). The fourth-order valence-electron chi connectivity index (χ4n) is 1.16. The molecule has 1 aromatic rings. The third-order valence-electron chi connectivity index (χ3n) is 1.99. The van der Waals surface area contributed by atoms with Crippen LogP contribution in [0.4, 0.5) is 0 Å². The van der Waals surface area contributed by atoms with Crippen LogP contribution >= 0.6 is 0 Å². The Bertz CT molecular complexity index is 252. The van der Waals surface area contributed by atoms with Crippen LogP contribution in [0.25, 0.3) is 0 Å². The highest BCUT2D eigenvalue weighted by Gasteiger charge is 2.06. The number of hydrogen-bond donors (Lipinski definition) is 0. The van der Waals surface area contributed by atoms with Crippen LogP contribution < -0.4 is 0 Å². The maximum atomic E-state index is 11.3. The van der Waals surface area contributed by atoms with Crippen molar-refractivity contribution < 1.29 is 13.9 Å². The maximum absolute atomic E-state index is 11.3. The van der Waals surface area contributed by atoms with Crippen molar-refractivity contribution in [3.8, 4) is 0 Å². The lowest BCUT2D eigenvalue weighted by molar-refractivity contribution is 0.0497. The van der Waals surface area contributed by atoms with E-state index in [0.717, 1.165) is 12.8 Å². The van der Waals surface area contributed by atoms with Crippen molar-refractivity contribution >= 4 is 5.97 Å². The van der Waals surface area contributed by atoms with Crippen molar-refractivity contribution in [1.82, 2.24) is 0 Å². The summed E-state index contributed by atoms with van der Waals surface area (Å²) < 4.78 is 9.81. The Balaban J connectivity index is 2.10. The molecule has 78 valence electrons. The van der Waals surface area contributed by atoms with Gasteiger partial charge in [0.15, 0.2) is 0 Å². The lowest BCUT2D eigenvalue weighted by Crippen LogP contribution is -2.05. The van der Waals surface area contributed by atoms with Gasteiger partial charge in [0, 0.05) is 0 Å². The third-order valence-corrected chi connectivity index (χ3v) is 1.99. The standard InChI is InChI=1S/C11H16O3/c1-2-3-4-5-7-14-11(12)10-6-8-13-9-10/h6,8-9H,2-5,7H2,1H3. The minimum Gasteiger partial charge on any atom is -0.472 e. The Hall–Kier alpha value is -1.25. The van der Waals surface area contributed by atoms with Crippen LogP contribution in [0.2, 0.25) is 0 Å². The van der Waals surface area contributed by atoms with Gasteiger partial charge in [-0.3, -0.25) is 0 Å². The Morgan fingerprint density at radius 1 is 1.43 bits per heavy atom. The van der Waals surface area contributed by atoms with E-state index in [9.17, 15) is 4.79 Å². The number of hydrogen-bond acceptors (Lipinski definition) is 3. The van der Waals surface area contributed by atoms with Gasteiger partial charge in [-0.15, -0.1) is 0 Å². The second kappa shape index (κ2) is 6.24. The number of carbonyl (C=O) groups excluding carboxylic acids is 1. The van der Waals surface area contributed by atoms with Gasteiger partial charge in [-0.25, -0.2) is 4.79 Å². The lowest BCUT2D eigenvalue weighted by Gasteiger charge is -2.01. The molecule has 0 unspecified atom stereocenters. The number of esters is 1. The molecular weight excluding hydrogens is 180 g/mol. The molecule has 1 aromatic heterocycles. The first-order valence-electron chi connectivity index (χ1n) is 5.04. The Morgan fingerprint density at radius 2 is 2.29 bits per heavy atom. The topological polar surface area (TPSA) is 39.4 Å². The second-order valence-electron chi connectivity index (χ2n) is 3.21. The molecule has 0 atom stereocenters. The van der Waals surface area contributed by atoms with E-state index in [1.807, 2.05) is 0 Å². The summed E-state index contributed by atoms with van der Waals surface area (Å²) in [5, 5.41) is 0. The number of furan rings is 1. The summed E-state index contributed by atoms with van der Waals surface area (Å²) in [5.41, 5.74) is 0.487. The molecule has 0 spiro atoms. The maximum Gasteiger partial charge on any atom is 0.341 e. The molecule has 1 heterocycles. The first-order chi connectivity index (χ1) is 6.84. The monoisotopic (exact) mass is 196 g/mol. The van der Waals surface area contributed by atoms with Crippen molar-refractivity contribution in [2.24, 2.45) is 0 Å². The van der Waals surface area contributed by atoms with Crippen LogP contribution in [0.15, 0.2) is 23.0 Å². The van der Waals surface area contributed by atoms with Gasteiger partial charge in [0.1, 0.15) is 6.26 Å². The largest absolute Gasteiger partial charge is 0.472 e. The smallest absolute Gasteiger partial charge is 0.341 e. The minimum atomic E-state index is -0.296. The predicted octanol–water partition coefficient (Wildman–Crippen LogP) is 3.02. The van der Waals surface area contributed by atoms with E-state index >= 15 is 0 Å². The van der Waals surface area contributed by atoms with Gasteiger partial charge < -0.3 is 9.15 Å². The molecule has 3 nitrogen and oxygen atoms in total. The van der Waals surface area contributed by atoms with E-state index < -0.39 is 0 Å². The zero-order chi connectivity index (χ0) is 10.2. The molecule has 14 heavy (non-hydrogen) atoms. The van der Waals surface area contributed by atoms with E-state index in [1.165, 1.54) is 25.4 Å². The zero-order valence-corrected chi connectivity index (χ0v) is 8.49. The average Bonchev–Trinajstić information content (AvgIpc) is 2.70. The van der Waals surface area contributed by atoms with Crippen LogP contribution in [0.3, 0.4) is 0 Å². The molecule has 0 N–H and O–H groups in total. The van der Waals surface area contributed by atoms with Crippen LogP contribution in [-0.4, -0.2) is 12.6 Å². The minimum absolute atomic E-state index is 0.296. The van der Waals surface area contributed by atoms with Gasteiger partial charge in [0.05, 0.1) is 18.4 Å². The van der Waals surface area contributed by atoms with Gasteiger partial charge in [-0.05, 0) is 12.5 Å². The quantitative estimate of drug-likeness (QED) is 0.518. The van der Waals surface area contributed by atoms with Crippen LogP contribution in [-0.2, 0) is 4.74 Å². The molecule has 0 saturated carbocycles. The fourth-order valence-corrected chi connectivity index (χ4v) is 1.16. The van der Waals surface area contributed by atoms with Crippen LogP contribution in [0, 0.1) is 0 Å². The van der Waals surface area contributed by atoms with E-state index in [0.29, 0.717) is 12.2 Å². The highest BCUT2D eigenvalue weighted by atomic mass is 16.5. The first-order valence-corrected chi connectivity index (χ1v) is 5.04. The van der Waals surface area contributed by atoms with Crippen molar-refractivity contribution in [3.05, 3.63) is 24.2 Å². The lowest BCUT2D eigenvalue weighted by atomic mass is 10.2. The number of carbonyl (C=O) groups is 1. The molecule has 0 saturated heterocycles. The van der Waals surface area contributed by atoms with Crippen molar-refractivity contribution in [3.63, 3.8) is 0 Å². The van der Waals surface area contributed by atoms with Gasteiger partial charge in [-0.2, -0.15) is 0 Å². The van der Waals surface area contributed by atoms with Crippen molar-refractivity contribution in [2.45, 2.75) is 32.6 Å². The summed E-state index contributed by atoms with van der Waals surface area (Å²) in [7, 11) is 0. The highest BCUT2D eigenvalue weighted by molar-refractivity contribution is 5.88. The molecule has 0 aliphatic rings. The summed E-state index contributed by atoms with van der Waals surface area (Å²) in [6.45, 7) is 2.65. The predicted molar refractivity (Wildman–Crippen MR) is 53.1 cm³/mol. The van der Waals surface area contributed by atoms with Gasteiger partial charge in [-0.1, -0.05) is 26.2 Å². The van der Waals surface area contributed by atoms with Crippen LogP contribution in [0.5, 0.6) is 0 Å². The first kappa shape index (κ1) is 10.8. The molecule has 0 aliphatic carbocycles.